The van der Waals surface area contributed by atoms with Crippen molar-refractivity contribution in [2.75, 3.05) is 33.0 Å². The molecule has 0 unspecified atom stereocenters. The van der Waals surface area contributed by atoms with Crippen molar-refractivity contribution in [3.8, 4) is 17.5 Å². The summed E-state index contributed by atoms with van der Waals surface area (Å²) >= 11 is 0. The van der Waals surface area contributed by atoms with Gasteiger partial charge in [0, 0.05) is 39.7 Å². The second-order valence-electron chi connectivity index (χ2n) is 7.16. The Balaban J connectivity index is 1.92. The van der Waals surface area contributed by atoms with Crippen molar-refractivity contribution in [1.82, 2.24) is 19.6 Å². The number of hydrogen-bond acceptors (Lipinski definition) is 5. The van der Waals surface area contributed by atoms with E-state index in [0.717, 1.165) is 0 Å². The van der Waals surface area contributed by atoms with Crippen LogP contribution < -0.4 is 11.1 Å². The molecule has 0 bridgehead atoms. The van der Waals surface area contributed by atoms with E-state index in [9.17, 15) is 19.5 Å². The number of nitrogens with two attached hydrogens (primary N) is 1. The van der Waals surface area contributed by atoms with Gasteiger partial charge in [-0.25, -0.2) is 9.48 Å². The van der Waals surface area contributed by atoms with Crippen molar-refractivity contribution < 1.29 is 19.5 Å². The summed E-state index contributed by atoms with van der Waals surface area (Å²) in [5.41, 5.74) is 4.86. The van der Waals surface area contributed by atoms with Crippen LogP contribution in [0, 0.1) is 11.8 Å². The van der Waals surface area contributed by atoms with E-state index in [1.807, 2.05) is 0 Å². The van der Waals surface area contributed by atoms with Crippen LogP contribution in [0.2, 0.25) is 0 Å². The molecule has 1 atom stereocenters. The Kier molecular flexibility index (Phi) is 5.49. The first kappa shape index (κ1) is 20.9. The average molecular weight is 410 g/mol. The van der Waals surface area contributed by atoms with Gasteiger partial charge in [0.2, 0.25) is 5.60 Å². The second kappa shape index (κ2) is 7.88. The van der Waals surface area contributed by atoms with Crippen molar-refractivity contribution in [3.63, 3.8) is 0 Å². The van der Waals surface area contributed by atoms with E-state index in [4.69, 9.17) is 5.73 Å². The smallest absolute Gasteiger partial charge is 0.321 e. The molecule has 2 heterocycles. The third-order valence-electron chi connectivity index (χ3n) is 4.63. The van der Waals surface area contributed by atoms with Crippen LogP contribution in [0.1, 0.15) is 22.5 Å². The Morgan fingerprint density at radius 1 is 1.37 bits per heavy atom. The highest BCUT2D eigenvalue weighted by atomic mass is 16.3. The van der Waals surface area contributed by atoms with Gasteiger partial charge >= 0.3 is 6.03 Å². The Bertz CT molecular complexity index is 1080. The number of aromatic nitrogens is 2. The number of nitrogens with one attached hydrogen (secondary N) is 1. The summed E-state index contributed by atoms with van der Waals surface area (Å²) in [7, 11) is 4.74. The van der Waals surface area contributed by atoms with Gasteiger partial charge in [0.25, 0.3) is 11.8 Å². The number of carbonyl (C=O) groups is 3. The molecule has 0 aliphatic carbocycles. The van der Waals surface area contributed by atoms with Gasteiger partial charge in [-0.1, -0.05) is 17.9 Å². The number of likely N-dealkylation sites (N-methyl/N-ethyl adjacent to an activating group) is 1. The molecule has 30 heavy (non-hydrogen) atoms. The fourth-order valence-electron chi connectivity index (χ4n) is 2.88. The third-order valence-corrected chi connectivity index (χ3v) is 4.63. The zero-order chi connectivity index (χ0) is 22.1. The van der Waals surface area contributed by atoms with Crippen LogP contribution in [0.3, 0.4) is 0 Å². The summed E-state index contributed by atoms with van der Waals surface area (Å²) in [6.07, 6.45) is 1.71. The maximum atomic E-state index is 12.1. The Hall–Kier alpha value is -3.84. The number of anilines is 1. The lowest BCUT2D eigenvalue weighted by atomic mass is 10.0. The minimum absolute atomic E-state index is 0.0874. The molecule has 0 saturated carbocycles. The number of likely N-dealkylation sites (tertiary alicyclic amines) is 1. The van der Waals surface area contributed by atoms with E-state index in [0.29, 0.717) is 17.8 Å². The molecule has 3 rings (SSSR count). The number of rotatable bonds is 3. The summed E-state index contributed by atoms with van der Waals surface area (Å²) in [5.74, 6) is 4.26. The zero-order valence-corrected chi connectivity index (χ0v) is 16.8. The average Bonchev–Trinajstić information content (AvgIpc) is 3.24. The lowest BCUT2D eigenvalue weighted by molar-refractivity contribution is -0.137. The summed E-state index contributed by atoms with van der Waals surface area (Å²) < 4.78 is 1.39. The number of urea groups is 1. The van der Waals surface area contributed by atoms with Crippen molar-refractivity contribution in [2.24, 2.45) is 5.73 Å². The van der Waals surface area contributed by atoms with Gasteiger partial charge in [0.15, 0.2) is 5.69 Å². The van der Waals surface area contributed by atoms with Crippen LogP contribution in [0.5, 0.6) is 0 Å². The highest BCUT2D eigenvalue weighted by Gasteiger charge is 2.42. The Morgan fingerprint density at radius 3 is 2.70 bits per heavy atom. The normalized spacial score (nSPS) is 18.0. The summed E-state index contributed by atoms with van der Waals surface area (Å²) in [6, 6.07) is 6.40. The molecule has 10 nitrogen and oxygen atoms in total. The van der Waals surface area contributed by atoms with Crippen molar-refractivity contribution in [2.45, 2.75) is 12.0 Å². The molecular formula is C20H22N6O4. The van der Waals surface area contributed by atoms with Crippen LogP contribution in [-0.4, -0.2) is 75.8 Å². The van der Waals surface area contributed by atoms with Crippen molar-refractivity contribution in [1.29, 1.82) is 0 Å². The maximum Gasteiger partial charge on any atom is 0.321 e. The van der Waals surface area contributed by atoms with E-state index in [1.54, 1.807) is 45.4 Å². The first-order valence-electron chi connectivity index (χ1n) is 9.10. The molecule has 10 heteroatoms. The highest BCUT2D eigenvalue weighted by Crippen LogP contribution is 2.21. The van der Waals surface area contributed by atoms with E-state index < -0.39 is 23.4 Å². The largest absolute Gasteiger partial charge is 0.369 e. The minimum atomic E-state index is -1.70. The number of carbonyl (C=O) groups excluding carboxylic acids is 3. The molecule has 156 valence electrons. The SMILES string of the molecule is CN(C)C(=O)Nc1cn(-c2cccc(C#C[C@]3(O)CCN(C)C3=O)c2)nc1C(N)=O. The minimum Gasteiger partial charge on any atom is -0.369 e. The number of benzene rings is 1. The molecule has 1 aromatic carbocycles. The molecule has 2 aromatic rings. The predicted molar refractivity (Wildman–Crippen MR) is 109 cm³/mol. The quantitative estimate of drug-likeness (QED) is 0.613. The molecule has 4 N–H and O–H groups in total. The Morgan fingerprint density at radius 2 is 2.10 bits per heavy atom. The van der Waals surface area contributed by atoms with E-state index in [-0.39, 0.29) is 17.8 Å². The fraction of sp³-hybridized carbons (Fsp3) is 0.300. The maximum absolute atomic E-state index is 12.1. The first-order chi connectivity index (χ1) is 14.1. The molecule has 4 amide bonds. The fourth-order valence-corrected chi connectivity index (χ4v) is 2.88. The summed E-state index contributed by atoms with van der Waals surface area (Å²) in [5, 5.41) is 17.2. The van der Waals surface area contributed by atoms with Gasteiger partial charge in [0.1, 0.15) is 0 Å². The topological polar surface area (TPSA) is 134 Å². The van der Waals surface area contributed by atoms with Gasteiger partial charge in [-0.2, -0.15) is 5.10 Å². The van der Waals surface area contributed by atoms with E-state index >= 15 is 0 Å². The lowest BCUT2D eigenvalue weighted by Crippen LogP contribution is -2.37. The van der Waals surface area contributed by atoms with Gasteiger partial charge in [-0.3, -0.25) is 9.59 Å². The van der Waals surface area contributed by atoms with Gasteiger partial charge < -0.3 is 26.0 Å². The highest BCUT2D eigenvalue weighted by molar-refractivity contribution is 6.01. The van der Waals surface area contributed by atoms with Crippen molar-refractivity contribution >= 4 is 23.5 Å². The monoisotopic (exact) mass is 410 g/mol. The van der Waals surface area contributed by atoms with Crippen LogP contribution in [-0.2, 0) is 4.79 Å². The number of hydrogen-bond donors (Lipinski definition) is 3. The molecular weight excluding hydrogens is 388 g/mol. The van der Waals surface area contributed by atoms with Crippen LogP contribution in [0.15, 0.2) is 30.5 Å². The number of amides is 4. The summed E-state index contributed by atoms with van der Waals surface area (Å²) in [4.78, 5) is 38.5. The molecule has 1 aromatic heterocycles. The molecule has 0 spiro atoms. The summed E-state index contributed by atoms with van der Waals surface area (Å²) in [6.45, 7) is 0.439. The molecule has 0 radical (unpaired) electrons. The van der Waals surface area contributed by atoms with E-state index in [2.05, 4.69) is 22.3 Å². The number of aliphatic hydroxyl groups is 1. The van der Waals surface area contributed by atoms with Crippen LogP contribution in [0.25, 0.3) is 5.69 Å². The van der Waals surface area contributed by atoms with E-state index in [1.165, 1.54) is 20.7 Å². The predicted octanol–water partition coefficient (Wildman–Crippen LogP) is 0.00940. The number of primary amides is 1. The van der Waals surface area contributed by atoms with Crippen LogP contribution in [0.4, 0.5) is 10.5 Å². The molecule has 1 fully saturated rings. The second-order valence-corrected chi connectivity index (χ2v) is 7.16. The number of nitrogens with zero attached hydrogens (tertiary/aromatic N) is 4. The molecule has 1 aliphatic heterocycles. The third kappa shape index (κ3) is 4.11. The molecule has 1 aliphatic rings. The lowest BCUT2D eigenvalue weighted by Gasteiger charge is -2.13. The van der Waals surface area contributed by atoms with Gasteiger partial charge in [-0.15, -0.1) is 0 Å². The first-order valence-corrected chi connectivity index (χ1v) is 9.10. The standard InChI is InChI=1S/C20H22N6O4/c1-24(2)19(29)22-15-12-26(23-16(15)17(21)27)14-6-4-5-13(11-14)7-8-20(30)9-10-25(3)18(20)28/h4-6,11-12,30H,9-10H2,1-3H3,(H2,21,27)(H,22,29)/t20-/m0/s1. The van der Waals surface area contributed by atoms with Gasteiger partial charge in [-0.05, 0) is 18.2 Å². The van der Waals surface area contributed by atoms with Crippen LogP contribution >= 0.6 is 0 Å². The zero-order valence-electron chi connectivity index (χ0n) is 16.8. The molecule has 1 saturated heterocycles. The van der Waals surface area contributed by atoms with Crippen molar-refractivity contribution in [3.05, 3.63) is 41.7 Å². The van der Waals surface area contributed by atoms with Gasteiger partial charge in [0.05, 0.1) is 17.6 Å². The Labute approximate surface area is 173 Å².